The number of nitrogens with zero attached hydrogens (tertiary/aromatic N) is 1. The highest BCUT2D eigenvalue weighted by Crippen LogP contribution is 2.36. The van der Waals surface area contributed by atoms with Gasteiger partial charge < -0.3 is 20.3 Å². The van der Waals surface area contributed by atoms with E-state index in [2.05, 4.69) is 23.3 Å². The lowest BCUT2D eigenvalue weighted by Crippen LogP contribution is -2.46. The van der Waals surface area contributed by atoms with Crippen molar-refractivity contribution in [2.75, 3.05) is 22.2 Å². The Morgan fingerprint density at radius 3 is 2.44 bits per heavy atom. The van der Waals surface area contributed by atoms with Crippen molar-refractivity contribution in [2.24, 2.45) is 0 Å². The number of carbonyl (C=O) groups excluding carboxylic acids is 2. The Hall–Kier alpha value is -2.14. The van der Waals surface area contributed by atoms with Crippen molar-refractivity contribution in [2.45, 2.75) is 63.3 Å². The van der Waals surface area contributed by atoms with E-state index in [0.29, 0.717) is 40.1 Å². The van der Waals surface area contributed by atoms with Crippen LogP contribution in [0.3, 0.4) is 0 Å². The summed E-state index contributed by atoms with van der Waals surface area (Å²) < 4.78 is 29.4. The van der Waals surface area contributed by atoms with Crippen molar-refractivity contribution in [1.82, 2.24) is 10.6 Å². The van der Waals surface area contributed by atoms with Gasteiger partial charge in [-0.1, -0.05) is 35.3 Å². The van der Waals surface area contributed by atoms with Crippen LogP contribution in [-0.2, 0) is 14.6 Å². The summed E-state index contributed by atoms with van der Waals surface area (Å²) in [6, 6.07) is 11.7. The summed E-state index contributed by atoms with van der Waals surface area (Å²) in [6.07, 6.45) is 2.66. The third-order valence-corrected chi connectivity index (χ3v) is 9.65. The van der Waals surface area contributed by atoms with E-state index in [1.165, 1.54) is 0 Å². The summed E-state index contributed by atoms with van der Waals surface area (Å²) in [4.78, 5) is 27.1. The molecule has 212 valence electrons. The van der Waals surface area contributed by atoms with E-state index in [9.17, 15) is 18.0 Å². The van der Waals surface area contributed by atoms with Crippen molar-refractivity contribution in [3.05, 3.63) is 58.1 Å². The number of amides is 3. The largest absolute Gasteiger partial charge is 0.489 e. The maximum Gasteiger partial charge on any atom is 0.315 e. The summed E-state index contributed by atoms with van der Waals surface area (Å²) in [5, 5.41) is 6.69. The first-order valence-electron chi connectivity index (χ1n) is 13.0. The first kappa shape index (κ1) is 29.8. The number of carbonyl (C=O) groups is 2. The second-order valence-corrected chi connectivity index (χ2v) is 13.6. The lowest BCUT2D eigenvalue weighted by atomic mass is 10.1. The lowest BCUT2D eigenvalue weighted by Gasteiger charge is -2.30. The van der Waals surface area contributed by atoms with Crippen LogP contribution in [0.1, 0.15) is 50.6 Å². The molecule has 1 saturated carbocycles. The molecule has 2 aliphatic rings. The SMILES string of the molecule is C[C@@H](c1ccc(Cl)cc1)N(C(=O)CCS)c1ccc(O[C@@H]2CC[C@@H](NC(=O)N[C@@H]3CCS(=O)(=O)C3)C2)c(Cl)c1. The van der Waals surface area contributed by atoms with Crippen LogP contribution in [0.25, 0.3) is 0 Å². The number of halogens is 2. The molecular weight excluding hydrogens is 581 g/mol. The standard InChI is InChI=1S/C27H33Cl2N3O5S2/c1-17(18-2-4-19(28)5-3-18)32(26(33)10-12-38)22-7-9-25(24(29)15-22)37-23-8-6-20(14-23)30-27(34)31-21-11-13-39(35,36)16-21/h2-5,7,9,15,17,20-21,23,38H,6,8,10-14,16H2,1H3,(H2,30,31,34)/t17-,20+,21+,23+/m0/s1. The molecule has 1 aliphatic carbocycles. The van der Waals surface area contributed by atoms with Gasteiger partial charge in [0, 0.05) is 35.6 Å². The molecule has 1 heterocycles. The van der Waals surface area contributed by atoms with Crippen LogP contribution in [0.5, 0.6) is 5.75 Å². The number of nitrogens with one attached hydrogen (secondary N) is 2. The molecule has 4 atom stereocenters. The average Bonchev–Trinajstić information content (AvgIpc) is 3.46. The molecule has 0 spiro atoms. The molecule has 8 nitrogen and oxygen atoms in total. The fourth-order valence-corrected chi connectivity index (χ4v) is 7.31. The van der Waals surface area contributed by atoms with Crippen LogP contribution < -0.4 is 20.3 Å². The Morgan fingerprint density at radius 1 is 1.08 bits per heavy atom. The van der Waals surface area contributed by atoms with Crippen molar-refractivity contribution in [3.63, 3.8) is 0 Å². The number of benzene rings is 2. The van der Waals surface area contributed by atoms with Crippen molar-refractivity contribution >= 4 is 63.3 Å². The third kappa shape index (κ3) is 7.96. The topological polar surface area (TPSA) is 105 Å². The first-order chi connectivity index (χ1) is 18.5. The normalized spacial score (nSPS) is 22.7. The quantitative estimate of drug-likeness (QED) is 0.337. The van der Waals surface area contributed by atoms with Gasteiger partial charge in [0.15, 0.2) is 9.84 Å². The summed E-state index contributed by atoms with van der Waals surface area (Å²) in [6.45, 7) is 1.95. The zero-order valence-corrected chi connectivity index (χ0v) is 24.8. The molecule has 3 amide bonds. The minimum absolute atomic E-state index is 0.0124. The highest BCUT2D eigenvalue weighted by Gasteiger charge is 2.32. The van der Waals surface area contributed by atoms with Gasteiger partial charge in [-0.25, -0.2) is 13.2 Å². The van der Waals surface area contributed by atoms with E-state index in [0.717, 1.165) is 18.4 Å². The van der Waals surface area contributed by atoms with Crippen LogP contribution in [0, 0.1) is 0 Å². The molecule has 2 fully saturated rings. The van der Waals surface area contributed by atoms with Crippen molar-refractivity contribution in [3.8, 4) is 5.75 Å². The fraction of sp³-hybridized carbons (Fsp3) is 0.481. The number of thiol groups is 1. The molecule has 0 unspecified atom stereocenters. The number of rotatable bonds is 9. The second kappa shape index (κ2) is 13.0. The van der Waals surface area contributed by atoms with Gasteiger partial charge >= 0.3 is 6.03 Å². The van der Waals surface area contributed by atoms with Gasteiger partial charge in [0.1, 0.15) is 11.9 Å². The molecule has 12 heteroatoms. The Bertz CT molecular complexity index is 1290. The predicted molar refractivity (Wildman–Crippen MR) is 158 cm³/mol. The van der Waals surface area contributed by atoms with Crippen LogP contribution in [-0.4, -0.2) is 55.8 Å². The summed E-state index contributed by atoms with van der Waals surface area (Å²) >= 11 is 16.9. The van der Waals surface area contributed by atoms with Crippen molar-refractivity contribution < 1.29 is 22.7 Å². The summed E-state index contributed by atoms with van der Waals surface area (Å²) in [7, 11) is -3.06. The molecule has 0 aromatic heterocycles. The fourth-order valence-electron chi connectivity index (χ4n) is 5.10. The van der Waals surface area contributed by atoms with Gasteiger partial charge in [0.05, 0.1) is 22.6 Å². The molecule has 2 aromatic rings. The summed E-state index contributed by atoms with van der Waals surface area (Å²) in [5.74, 6) is 0.953. The van der Waals surface area contributed by atoms with Crippen LogP contribution in [0.4, 0.5) is 10.5 Å². The number of urea groups is 1. The van der Waals surface area contributed by atoms with Gasteiger partial charge in [-0.05, 0) is 67.8 Å². The summed E-state index contributed by atoms with van der Waals surface area (Å²) in [5.41, 5.74) is 1.59. The molecular formula is C27H33Cl2N3O5S2. The van der Waals surface area contributed by atoms with E-state index in [1.807, 2.05) is 25.1 Å². The van der Waals surface area contributed by atoms with Crippen LogP contribution >= 0.6 is 35.8 Å². The number of anilines is 1. The maximum absolute atomic E-state index is 13.1. The van der Waals surface area contributed by atoms with E-state index in [-0.39, 0.29) is 54.1 Å². The lowest BCUT2D eigenvalue weighted by molar-refractivity contribution is -0.118. The third-order valence-electron chi connectivity index (χ3n) is 7.11. The van der Waals surface area contributed by atoms with Crippen LogP contribution in [0.15, 0.2) is 42.5 Å². The first-order valence-corrected chi connectivity index (χ1v) is 16.2. The molecule has 1 saturated heterocycles. The predicted octanol–water partition coefficient (Wildman–Crippen LogP) is 5.19. The smallest absolute Gasteiger partial charge is 0.315 e. The minimum Gasteiger partial charge on any atom is -0.489 e. The number of ether oxygens (including phenoxy) is 1. The Kier molecular flexibility index (Phi) is 9.96. The maximum atomic E-state index is 13.1. The monoisotopic (exact) mass is 613 g/mol. The van der Waals surface area contributed by atoms with E-state index in [1.54, 1.807) is 29.2 Å². The minimum atomic E-state index is -3.06. The molecule has 2 N–H and O–H groups in total. The molecule has 0 radical (unpaired) electrons. The second-order valence-electron chi connectivity index (χ2n) is 10.0. The molecule has 0 bridgehead atoms. The zero-order valence-electron chi connectivity index (χ0n) is 21.6. The van der Waals surface area contributed by atoms with Gasteiger partial charge in [-0.15, -0.1) is 0 Å². The Morgan fingerprint density at radius 2 is 1.79 bits per heavy atom. The molecule has 1 aliphatic heterocycles. The van der Waals surface area contributed by atoms with E-state index in [4.69, 9.17) is 27.9 Å². The van der Waals surface area contributed by atoms with Gasteiger partial charge in [-0.2, -0.15) is 12.6 Å². The van der Waals surface area contributed by atoms with E-state index >= 15 is 0 Å². The molecule has 39 heavy (non-hydrogen) atoms. The Balaban J connectivity index is 1.37. The van der Waals surface area contributed by atoms with Gasteiger partial charge in [0.2, 0.25) is 5.91 Å². The molecule has 2 aromatic carbocycles. The van der Waals surface area contributed by atoms with E-state index < -0.39 is 9.84 Å². The van der Waals surface area contributed by atoms with Crippen LogP contribution in [0.2, 0.25) is 10.0 Å². The average molecular weight is 615 g/mol. The highest BCUT2D eigenvalue weighted by molar-refractivity contribution is 7.91. The van der Waals surface area contributed by atoms with Gasteiger partial charge in [-0.3, -0.25) is 4.79 Å². The zero-order chi connectivity index (χ0) is 28.2. The number of hydrogen-bond donors (Lipinski definition) is 3. The van der Waals surface area contributed by atoms with Crippen molar-refractivity contribution in [1.29, 1.82) is 0 Å². The van der Waals surface area contributed by atoms with Gasteiger partial charge in [0.25, 0.3) is 0 Å². The number of hydrogen-bond acceptors (Lipinski definition) is 6. The number of sulfone groups is 1. The molecule has 4 rings (SSSR count). The highest BCUT2D eigenvalue weighted by atomic mass is 35.5. The Labute approximate surface area is 245 Å².